The quantitative estimate of drug-likeness (QED) is 0.685. The second-order valence-electron chi connectivity index (χ2n) is 6.62. The molecule has 29 heavy (non-hydrogen) atoms. The fourth-order valence-corrected chi connectivity index (χ4v) is 3.19. The number of benzene rings is 2. The number of anilines is 3. The zero-order valence-corrected chi connectivity index (χ0v) is 15.5. The van der Waals surface area contributed by atoms with Crippen LogP contribution in [-0.2, 0) is 10.9 Å². The van der Waals surface area contributed by atoms with Crippen molar-refractivity contribution < 1.29 is 17.9 Å². The molecule has 4 rings (SSSR count). The molecule has 0 amide bonds. The van der Waals surface area contributed by atoms with Gasteiger partial charge in [-0.25, -0.2) is 9.97 Å². The standard InChI is InChI=1S/C21H19F3N4O/c22-21(23,24)19-6-7-25-20(27-19)26-17-12-16(15-4-2-1-3-5-15)13-18(14-17)28-8-10-29-11-9-28/h1-7,12-14H,8-11H2,(H,25,26,27). The van der Waals surface area contributed by atoms with E-state index in [9.17, 15) is 13.2 Å². The summed E-state index contributed by atoms with van der Waals surface area (Å²) in [6.45, 7) is 2.76. The number of rotatable bonds is 4. The summed E-state index contributed by atoms with van der Waals surface area (Å²) in [6.07, 6.45) is -3.42. The summed E-state index contributed by atoms with van der Waals surface area (Å²) in [4.78, 5) is 9.73. The van der Waals surface area contributed by atoms with Crippen molar-refractivity contribution in [3.8, 4) is 11.1 Å². The Balaban J connectivity index is 1.70. The van der Waals surface area contributed by atoms with E-state index in [0.29, 0.717) is 18.9 Å². The molecule has 0 unspecified atom stereocenters. The molecule has 0 saturated carbocycles. The van der Waals surface area contributed by atoms with E-state index in [0.717, 1.165) is 42.2 Å². The summed E-state index contributed by atoms with van der Waals surface area (Å²) in [5, 5.41) is 2.93. The molecule has 1 N–H and O–H groups in total. The van der Waals surface area contributed by atoms with Gasteiger partial charge in [-0.05, 0) is 35.4 Å². The van der Waals surface area contributed by atoms with E-state index in [2.05, 4.69) is 26.3 Å². The van der Waals surface area contributed by atoms with Crippen LogP contribution in [0.2, 0.25) is 0 Å². The number of morpholine rings is 1. The molecule has 8 heteroatoms. The lowest BCUT2D eigenvalue weighted by Crippen LogP contribution is -2.36. The molecule has 2 heterocycles. The predicted molar refractivity (Wildman–Crippen MR) is 105 cm³/mol. The van der Waals surface area contributed by atoms with E-state index in [4.69, 9.17) is 4.74 Å². The second kappa shape index (κ2) is 8.08. The second-order valence-corrected chi connectivity index (χ2v) is 6.62. The predicted octanol–water partition coefficient (Wildman–Crippen LogP) is 4.74. The fraction of sp³-hybridized carbons (Fsp3) is 0.238. The van der Waals surface area contributed by atoms with E-state index in [1.807, 2.05) is 42.5 Å². The van der Waals surface area contributed by atoms with E-state index >= 15 is 0 Å². The number of ether oxygens (including phenoxy) is 1. The van der Waals surface area contributed by atoms with Gasteiger partial charge in [0.15, 0.2) is 0 Å². The highest BCUT2D eigenvalue weighted by Crippen LogP contribution is 2.32. The molecule has 0 spiro atoms. The van der Waals surface area contributed by atoms with Crippen LogP contribution in [-0.4, -0.2) is 36.3 Å². The fourth-order valence-electron chi connectivity index (χ4n) is 3.19. The van der Waals surface area contributed by atoms with Crippen LogP contribution >= 0.6 is 0 Å². The van der Waals surface area contributed by atoms with Gasteiger partial charge in [-0.3, -0.25) is 0 Å². The first-order chi connectivity index (χ1) is 14.0. The van der Waals surface area contributed by atoms with Gasteiger partial charge in [0.05, 0.1) is 13.2 Å². The minimum Gasteiger partial charge on any atom is -0.378 e. The first kappa shape index (κ1) is 19.2. The number of halogens is 3. The Morgan fingerprint density at radius 1 is 0.931 bits per heavy atom. The van der Waals surface area contributed by atoms with E-state index < -0.39 is 11.9 Å². The molecular weight excluding hydrogens is 381 g/mol. The summed E-state index contributed by atoms with van der Waals surface area (Å²) < 4.78 is 44.3. The largest absolute Gasteiger partial charge is 0.433 e. The van der Waals surface area contributed by atoms with Crippen molar-refractivity contribution in [1.29, 1.82) is 0 Å². The van der Waals surface area contributed by atoms with Gasteiger partial charge >= 0.3 is 6.18 Å². The van der Waals surface area contributed by atoms with E-state index in [1.165, 1.54) is 0 Å². The third-order valence-corrected chi connectivity index (χ3v) is 4.60. The van der Waals surface area contributed by atoms with Crippen LogP contribution < -0.4 is 10.2 Å². The highest BCUT2D eigenvalue weighted by atomic mass is 19.4. The maximum atomic E-state index is 13.0. The molecule has 1 fully saturated rings. The van der Waals surface area contributed by atoms with Crippen molar-refractivity contribution in [2.45, 2.75) is 6.18 Å². The van der Waals surface area contributed by atoms with Crippen LogP contribution in [0.4, 0.5) is 30.5 Å². The first-order valence-electron chi connectivity index (χ1n) is 9.19. The van der Waals surface area contributed by atoms with Gasteiger partial charge in [0.25, 0.3) is 0 Å². The number of nitrogens with zero attached hydrogens (tertiary/aromatic N) is 3. The van der Waals surface area contributed by atoms with Crippen molar-refractivity contribution in [2.75, 3.05) is 36.5 Å². The normalized spacial score (nSPS) is 14.7. The highest BCUT2D eigenvalue weighted by molar-refractivity contribution is 5.76. The van der Waals surface area contributed by atoms with Crippen LogP contribution in [0.3, 0.4) is 0 Å². The highest BCUT2D eigenvalue weighted by Gasteiger charge is 2.32. The van der Waals surface area contributed by atoms with E-state index in [1.54, 1.807) is 0 Å². The molecule has 1 aromatic heterocycles. The van der Waals surface area contributed by atoms with Crippen molar-refractivity contribution >= 4 is 17.3 Å². The number of nitrogens with one attached hydrogen (secondary N) is 1. The molecule has 2 aromatic carbocycles. The lowest BCUT2D eigenvalue weighted by molar-refractivity contribution is -0.141. The summed E-state index contributed by atoms with van der Waals surface area (Å²) in [6, 6.07) is 16.5. The molecule has 0 aliphatic carbocycles. The Kier molecular flexibility index (Phi) is 5.35. The van der Waals surface area contributed by atoms with Gasteiger partial charge in [-0.2, -0.15) is 13.2 Å². The number of alkyl halides is 3. The molecule has 0 atom stereocenters. The van der Waals surface area contributed by atoms with Gasteiger partial charge in [0.2, 0.25) is 5.95 Å². The Bertz CT molecular complexity index is 973. The Morgan fingerprint density at radius 3 is 2.41 bits per heavy atom. The smallest absolute Gasteiger partial charge is 0.378 e. The number of hydrogen-bond acceptors (Lipinski definition) is 5. The van der Waals surface area contributed by atoms with Crippen LogP contribution in [0.1, 0.15) is 5.69 Å². The third-order valence-electron chi connectivity index (χ3n) is 4.60. The van der Waals surface area contributed by atoms with Crippen LogP contribution in [0.15, 0.2) is 60.8 Å². The van der Waals surface area contributed by atoms with Gasteiger partial charge in [-0.15, -0.1) is 0 Å². The van der Waals surface area contributed by atoms with Crippen LogP contribution in [0, 0.1) is 0 Å². The zero-order valence-electron chi connectivity index (χ0n) is 15.5. The number of hydrogen-bond donors (Lipinski definition) is 1. The molecule has 3 aromatic rings. The molecule has 150 valence electrons. The molecule has 1 aliphatic rings. The van der Waals surface area contributed by atoms with Gasteiger partial charge in [0.1, 0.15) is 5.69 Å². The molecule has 0 radical (unpaired) electrons. The van der Waals surface area contributed by atoms with Crippen molar-refractivity contribution in [3.05, 3.63) is 66.5 Å². The van der Waals surface area contributed by atoms with Gasteiger partial charge in [0, 0.05) is 30.7 Å². The monoisotopic (exact) mass is 400 g/mol. The molecule has 1 saturated heterocycles. The summed E-state index contributed by atoms with van der Waals surface area (Å²) >= 11 is 0. The topological polar surface area (TPSA) is 50.3 Å². The summed E-state index contributed by atoms with van der Waals surface area (Å²) in [7, 11) is 0. The number of aromatic nitrogens is 2. The molecule has 1 aliphatic heterocycles. The first-order valence-corrected chi connectivity index (χ1v) is 9.19. The Hall–Kier alpha value is -3.13. The van der Waals surface area contributed by atoms with Gasteiger partial charge < -0.3 is 15.0 Å². The SMILES string of the molecule is FC(F)(F)c1ccnc(Nc2cc(-c3ccccc3)cc(N3CCOCC3)c2)n1. The van der Waals surface area contributed by atoms with Crippen molar-refractivity contribution in [2.24, 2.45) is 0 Å². The summed E-state index contributed by atoms with van der Waals surface area (Å²) in [5.41, 5.74) is 2.55. The average molecular weight is 400 g/mol. The maximum Gasteiger partial charge on any atom is 0.433 e. The Labute approximate surface area is 166 Å². The molecule has 0 bridgehead atoms. The van der Waals surface area contributed by atoms with E-state index in [-0.39, 0.29) is 5.95 Å². The maximum absolute atomic E-state index is 13.0. The molecular formula is C21H19F3N4O. The summed E-state index contributed by atoms with van der Waals surface area (Å²) in [5.74, 6) is -0.0991. The van der Waals surface area contributed by atoms with Crippen molar-refractivity contribution in [1.82, 2.24) is 9.97 Å². The van der Waals surface area contributed by atoms with Crippen LogP contribution in [0.25, 0.3) is 11.1 Å². The minimum absolute atomic E-state index is 0.0991. The van der Waals surface area contributed by atoms with Crippen molar-refractivity contribution in [3.63, 3.8) is 0 Å². The lowest BCUT2D eigenvalue weighted by Gasteiger charge is -2.29. The Morgan fingerprint density at radius 2 is 1.69 bits per heavy atom. The zero-order chi connectivity index (χ0) is 20.3. The molecule has 5 nitrogen and oxygen atoms in total. The van der Waals surface area contributed by atoms with Crippen LogP contribution in [0.5, 0.6) is 0 Å². The minimum atomic E-state index is -4.52. The third kappa shape index (κ3) is 4.65. The average Bonchev–Trinajstić information content (AvgIpc) is 2.74. The lowest BCUT2D eigenvalue weighted by atomic mass is 10.0. The van der Waals surface area contributed by atoms with Gasteiger partial charge in [-0.1, -0.05) is 30.3 Å².